The number of hydrogen-bond donors (Lipinski definition) is 1. The minimum absolute atomic E-state index is 0.0903. The second-order valence-corrected chi connectivity index (χ2v) is 2.73. The molecule has 1 rings (SSSR count). The standard InChI is InChI=1S/C9H8F2O2/c1-5-2-3-7(10)9(11)6(5)4-8(12)13/h2-3H,4H2,1H3,(H,12,13). The molecule has 1 aromatic carbocycles. The summed E-state index contributed by atoms with van der Waals surface area (Å²) in [6, 6.07) is 2.34. The van der Waals surface area contributed by atoms with Gasteiger partial charge in [0.1, 0.15) is 0 Å². The summed E-state index contributed by atoms with van der Waals surface area (Å²) in [5, 5.41) is 8.42. The molecule has 0 spiro atoms. The minimum atomic E-state index is -1.17. The average Bonchev–Trinajstić information content (AvgIpc) is 2.05. The second kappa shape index (κ2) is 3.51. The molecule has 1 aromatic rings. The molecule has 0 aliphatic heterocycles. The summed E-state index contributed by atoms with van der Waals surface area (Å²) in [7, 11) is 0. The number of aryl methyl sites for hydroxylation is 1. The van der Waals surface area contributed by atoms with Crippen molar-refractivity contribution >= 4 is 5.97 Å². The number of aliphatic carboxylic acids is 1. The molecule has 2 nitrogen and oxygen atoms in total. The Morgan fingerprint density at radius 1 is 1.46 bits per heavy atom. The highest BCUT2D eigenvalue weighted by Gasteiger charge is 2.13. The van der Waals surface area contributed by atoms with Gasteiger partial charge in [-0.25, -0.2) is 8.78 Å². The maximum Gasteiger partial charge on any atom is 0.307 e. The Labute approximate surface area is 73.8 Å². The lowest BCUT2D eigenvalue weighted by Crippen LogP contribution is -2.06. The zero-order valence-corrected chi connectivity index (χ0v) is 6.97. The lowest BCUT2D eigenvalue weighted by atomic mass is 10.1. The molecule has 4 heteroatoms. The van der Waals surface area contributed by atoms with E-state index in [0.717, 1.165) is 6.07 Å². The molecule has 0 fully saturated rings. The van der Waals surface area contributed by atoms with Gasteiger partial charge in [-0.3, -0.25) is 4.79 Å². The molecule has 0 aliphatic rings. The Morgan fingerprint density at radius 3 is 2.62 bits per heavy atom. The van der Waals surface area contributed by atoms with E-state index in [9.17, 15) is 13.6 Å². The van der Waals surface area contributed by atoms with Gasteiger partial charge in [0.15, 0.2) is 11.6 Å². The number of carbonyl (C=O) groups is 1. The third-order valence-corrected chi connectivity index (χ3v) is 1.76. The molecule has 0 amide bonds. The summed E-state index contributed by atoms with van der Waals surface area (Å²) in [5.74, 6) is -3.25. The summed E-state index contributed by atoms with van der Waals surface area (Å²) < 4.78 is 25.6. The third kappa shape index (κ3) is 2.02. The van der Waals surface area contributed by atoms with Gasteiger partial charge in [0.05, 0.1) is 6.42 Å². The second-order valence-electron chi connectivity index (χ2n) is 2.73. The highest BCUT2D eigenvalue weighted by atomic mass is 19.2. The van der Waals surface area contributed by atoms with E-state index in [2.05, 4.69) is 0 Å². The lowest BCUT2D eigenvalue weighted by Gasteiger charge is -2.04. The molecule has 0 atom stereocenters. The summed E-state index contributed by atoms with van der Waals surface area (Å²) >= 11 is 0. The number of halogens is 2. The van der Waals surface area contributed by atoms with Gasteiger partial charge >= 0.3 is 5.97 Å². The highest BCUT2D eigenvalue weighted by molar-refractivity contribution is 5.70. The normalized spacial score (nSPS) is 10.1. The summed E-state index contributed by atoms with van der Waals surface area (Å²) in [6.45, 7) is 1.54. The van der Waals surface area contributed by atoms with Crippen LogP contribution in [0.25, 0.3) is 0 Å². The molecule has 0 aliphatic carbocycles. The van der Waals surface area contributed by atoms with E-state index in [1.165, 1.54) is 6.07 Å². The molecule has 1 N–H and O–H groups in total. The van der Waals surface area contributed by atoms with Crippen molar-refractivity contribution in [2.75, 3.05) is 0 Å². The topological polar surface area (TPSA) is 37.3 Å². The van der Waals surface area contributed by atoms with Crippen molar-refractivity contribution in [3.8, 4) is 0 Å². The molecule has 0 saturated heterocycles. The maximum atomic E-state index is 13.0. The molecule has 13 heavy (non-hydrogen) atoms. The molecular formula is C9H8F2O2. The third-order valence-electron chi connectivity index (χ3n) is 1.76. The van der Waals surface area contributed by atoms with E-state index in [1.54, 1.807) is 6.92 Å². The van der Waals surface area contributed by atoms with Crippen LogP contribution in [0, 0.1) is 18.6 Å². The molecule has 70 valence electrons. The monoisotopic (exact) mass is 186 g/mol. The van der Waals surface area contributed by atoms with Crippen LogP contribution in [0.4, 0.5) is 8.78 Å². The first-order chi connectivity index (χ1) is 6.02. The zero-order chi connectivity index (χ0) is 10.0. The van der Waals surface area contributed by atoms with Crippen molar-refractivity contribution in [3.05, 3.63) is 34.9 Å². The number of carboxylic acid groups (broad SMARTS) is 1. The highest BCUT2D eigenvalue weighted by Crippen LogP contribution is 2.16. The van der Waals surface area contributed by atoms with Gasteiger partial charge in [-0.1, -0.05) is 6.07 Å². The Kier molecular flexibility index (Phi) is 2.60. The van der Waals surface area contributed by atoms with Crippen molar-refractivity contribution in [1.29, 1.82) is 0 Å². The van der Waals surface area contributed by atoms with Gasteiger partial charge in [0.2, 0.25) is 0 Å². The van der Waals surface area contributed by atoms with Crippen molar-refractivity contribution in [2.24, 2.45) is 0 Å². The molecule has 0 bridgehead atoms. The minimum Gasteiger partial charge on any atom is -0.481 e. The van der Waals surface area contributed by atoms with Crippen LogP contribution in [0.3, 0.4) is 0 Å². The predicted molar refractivity (Wildman–Crippen MR) is 42.4 cm³/mol. The number of rotatable bonds is 2. The number of benzene rings is 1. The number of hydrogen-bond acceptors (Lipinski definition) is 1. The first kappa shape index (κ1) is 9.64. The summed E-state index contributed by atoms with van der Waals surface area (Å²) in [5.41, 5.74) is 0.355. The van der Waals surface area contributed by atoms with Gasteiger partial charge in [0, 0.05) is 5.56 Å². The fraction of sp³-hybridized carbons (Fsp3) is 0.222. The first-order valence-corrected chi connectivity index (χ1v) is 3.67. The molecular weight excluding hydrogens is 178 g/mol. The average molecular weight is 186 g/mol. The van der Waals surface area contributed by atoms with Crippen LogP contribution >= 0.6 is 0 Å². The SMILES string of the molecule is Cc1ccc(F)c(F)c1CC(=O)O. The van der Waals surface area contributed by atoms with E-state index in [0.29, 0.717) is 5.56 Å². The quantitative estimate of drug-likeness (QED) is 0.765. The van der Waals surface area contributed by atoms with E-state index in [1.807, 2.05) is 0 Å². The van der Waals surface area contributed by atoms with Crippen molar-refractivity contribution < 1.29 is 18.7 Å². The van der Waals surface area contributed by atoms with Crippen molar-refractivity contribution in [3.63, 3.8) is 0 Å². The summed E-state index contributed by atoms with van der Waals surface area (Å²) in [4.78, 5) is 10.3. The fourth-order valence-electron chi connectivity index (χ4n) is 1.06. The Balaban J connectivity index is 3.17. The fourth-order valence-corrected chi connectivity index (χ4v) is 1.06. The number of carboxylic acids is 1. The molecule has 0 aromatic heterocycles. The van der Waals surface area contributed by atoms with Crippen molar-refractivity contribution in [1.82, 2.24) is 0 Å². The van der Waals surface area contributed by atoms with Crippen LogP contribution < -0.4 is 0 Å². The Hall–Kier alpha value is -1.45. The van der Waals surface area contributed by atoms with Crippen LogP contribution in [0.15, 0.2) is 12.1 Å². The Bertz CT molecular complexity index is 348. The maximum absolute atomic E-state index is 13.0. The molecule has 0 radical (unpaired) electrons. The van der Waals surface area contributed by atoms with Crippen LogP contribution in [0.1, 0.15) is 11.1 Å². The van der Waals surface area contributed by atoms with Gasteiger partial charge in [-0.15, -0.1) is 0 Å². The van der Waals surface area contributed by atoms with Crippen LogP contribution in [0.5, 0.6) is 0 Å². The van der Waals surface area contributed by atoms with Crippen LogP contribution in [0.2, 0.25) is 0 Å². The van der Waals surface area contributed by atoms with Crippen molar-refractivity contribution in [2.45, 2.75) is 13.3 Å². The Morgan fingerprint density at radius 2 is 2.08 bits per heavy atom. The predicted octanol–water partition coefficient (Wildman–Crippen LogP) is 1.90. The molecule has 0 heterocycles. The summed E-state index contributed by atoms with van der Waals surface area (Å²) in [6.07, 6.45) is -0.491. The van der Waals surface area contributed by atoms with Crippen LogP contribution in [-0.4, -0.2) is 11.1 Å². The molecule has 0 saturated carbocycles. The van der Waals surface area contributed by atoms with Gasteiger partial charge in [0.25, 0.3) is 0 Å². The van der Waals surface area contributed by atoms with E-state index in [4.69, 9.17) is 5.11 Å². The van der Waals surface area contributed by atoms with Crippen LogP contribution in [-0.2, 0) is 11.2 Å². The lowest BCUT2D eigenvalue weighted by molar-refractivity contribution is -0.136. The van der Waals surface area contributed by atoms with E-state index < -0.39 is 24.0 Å². The van der Waals surface area contributed by atoms with E-state index in [-0.39, 0.29) is 5.56 Å². The first-order valence-electron chi connectivity index (χ1n) is 3.67. The zero-order valence-electron chi connectivity index (χ0n) is 6.97. The van der Waals surface area contributed by atoms with Gasteiger partial charge < -0.3 is 5.11 Å². The largest absolute Gasteiger partial charge is 0.481 e. The van der Waals surface area contributed by atoms with E-state index >= 15 is 0 Å². The van der Waals surface area contributed by atoms with Gasteiger partial charge in [-0.2, -0.15) is 0 Å². The molecule has 0 unspecified atom stereocenters. The smallest absolute Gasteiger partial charge is 0.307 e. The van der Waals surface area contributed by atoms with Gasteiger partial charge in [-0.05, 0) is 18.6 Å².